The Morgan fingerprint density at radius 2 is 1.72 bits per heavy atom. The molecule has 0 aliphatic heterocycles. The van der Waals surface area contributed by atoms with Gasteiger partial charge in [-0.2, -0.15) is 0 Å². The largest absolute Gasteiger partial charge is 0.331 e. The zero-order valence-corrected chi connectivity index (χ0v) is 10.4. The molecule has 18 heavy (non-hydrogen) atoms. The van der Waals surface area contributed by atoms with Gasteiger partial charge in [0.1, 0.15) is 0 Å². The number of benzene rings is 1. The van der Waals surface area contributed by atoms with E-state index in [1.54, 1.807) is 0 Å². The Labute approximate surface area is 109 Å². The molecule has 0 saturated carbocycles. The highest BCUT2D eigenvalue weighted by Gasteiger charge is 2.19. The molecule has 0 radical (unpaired) electrons. The van der Waals surface area contributed by atoms with E-state index in [-0.39, 0.29) is 23.7 Å². The summed E-state index contributed by atoms with van der Waals surface area (Å²) in [7, 11) is 0. The van der Waals surface area contributed by atoms with Gasteiger partial charge in [-0.1, -0.05) is 23.8 Å². The number of rotatable bonds is 5. The Hall–Kier alpha value is -1.68. The first kappa shape index (κ1) is 14.4. The Morgan fingerprint density at radius 3 is 2.22 bits per heavy atom. The minimum absolute atomic E-state index is 0.0840. The average molecular weight is 272 g/mol. The second-order valence-corrected chi connectivity index (χ2v) is 3.94. The van der Waals surface area contributed by atoms with Gasteiger partial charge in [0, 0.05) is 13.1 Å². The van der Waals surface area contributed by atoms with E-state index in [4.69, 9.17) is 11.6 Å². The smallest absolute Gasteiger partial charge is 0.256 e. The summed E-state index contributed by atoms with van der Waals surface area (Å²) in [6, 6.07) is 1.57. The molecule has 0 spiro atoms. The van der Waals surface area contributed by atoms with E-state index in [0.29, 0.717) is 0 Å². The van der Waals surface area contributed by atoms with Crippen molar-refractivity contribution in [3.05, 3.63) is 59.7 Å². The molecular weight excluding hydrogens is 260 g/mol. The van der Waals surface area contributed by atoms with Crippen molar-refractivity contribution >= 4 is 17.5 Å². The summed E-state index contributed by atoms with van der Waals surface area (Å²) in [5.41, 5.74) is -0.0840. The summed E-state index contributed by atoms with van der Waals surface area (Å²) in [5.74, 6) is -2.70. The molecule has 0 saturated heterocycles. The molecule has 0 aliphatic rings. The van der Waals surface area contributed by atoms with Crippen LogP contribution in [0.1, 0.15) is 10.4 Å². The summed E-state index contributed by atoms with van der Waals surface area (Å²) >= 11 is 5.73. The van der Waals surface area contributed by atoms with E-state index in [9.17, 15) is 13.6 Å². The van der Waals surface area contributed by atoms with Crippen LogP contribution < -0.4 is 0 Å². The summed E-state index contributed by atoms with van der Waals surface area (Å²) in [6.07, 6.45) is 3.05. The van der Waals surface area contributed by atoms with E-state index < -0.39 is 17.5 Å². The second-order valence-electron chi connectivity index (χ2n) is 3.53. The second kappa shape index (κ2) is 6.31. The normalized spacial score (nSPS) is 9.94. The van der Waals surface area contributed by atoms with Gasteiger partial charge >= 0.3 is 0 Å². The number of hydrogen-bond acceptors (Lipinski definition) is 1. The Morgan fingerprint density at radius 1 is 1.22 bits per heavy atom. The Kier molecular flexibility index (Phi) is 5.04. The lowest BCUT2D eigenvalue weighted by Gasteiger charge is -2.20. The van der Waals surface area contributed by atoms with E-state index >= 15 is 0 Å². The molecule has 2 nitrogen and oxygen atoms in total. The first-order chi connectivity index (χ1) is 8.51. The predicted octanol–water partition coefficient (Wildman–Crippen LogP) is 3.43. The Bertz CT molecular complexity index is 478. The van der Waals surface area contributed by atoms with Crippen LogP contribution in [-0.2, 0) is 0 Å². The van der Waals surface area contributed by atoms with E-state index in [0.717, 1.165) is 12.1 Å². The lowest BCUT2D eigenvalue weighted by Crippen LogP contribution is -2.31. The molecule has 0 fully saturated rings. The van der Waals surface area contributed by atoms with Crippen LogP contribution in [0.15, 0.2) is 37.4 Å². The van der Waals surface area contributed by atoms with Gasteiger partial charge in [0.15, 0.2) is 11.6 Å². The van der Waals surface area contributed by atoms with Gasteiger partial charge in [-0.3, -0.25) is 4.79 Å². The molecule has 0 N–H and O–H groups in total. The van der Waals surface area contributed by atoms with Crippen molar-refractivity contribution in [2.24, 2.45) is 0 Å². The molecule has 0 aliphatic carbocycles. The maximum Gasteiger partial charge on any atom is 0.256 e. The van der Waals surface area contributed by atoms with E-state index in [1.165, 1.54) is 17.1 Å². The van der Waals surface area contributed by atoms with Crippen molar-refractivity contribution in [3.63, 3.8) is 0 Å². The molecule has 1 aromatic rings. The maximum atomic E-state index is 13.1. The highest BCUT2D eigenvalue weighted by Crippen LogP contribution is 2.21. The first-order valence-corrected chi connectivity index (χ1v) is 5.54. The van der Waals surface area contributed by atoms with Gasteiger partial charge < -0.3 is 4.90 Å². The van der Waals surface area contributed by atoms with Crippen molar-refractivity contribution in [3.8, 4) is 0 Å². The highest BCUT2D eigenvalue weighted by molar-refractivity contribution is 6.33. The van der Waals surface area contributed by atoms with Crippen molar-refractivity contribution < 1.29 is 13.6 Å². The zero-order chi connectivity index (χ0) is 13.7. The third-order valence-electron chi connectivity index (χ3n) is 2.23. The number of halogens is 3. The quantitative estimate of drug-likeness (QED) is 0.593. The molecule has 96 valence electrons. The third kappa shape index (κ3) is 3.17. The lowest BCUT2D eigenvalue weighted by molar-refractivity contribution is 0.0790. The van der Waals surface area contributed by atoms with Crippen LogP contribution in [0.2, 0.25) is 5.02 Å². The number of carbonyl (C=O) groups is 1. The molecule has 1 amide bonds. The average Bonchev–Trinajstić information content (AvgIpc) is 2.33. The Balaban J connectivity index is 3.11. The topological polar surface area (TPSA) is 20.3 Å². The molecule has 0 atom stereocenters. The molecule has 0 unspecified atom stereocenters. The van der Waals surface area contributed by atoms with Gasteiger partial charge in [0.2, 0.25) is 0 Å². The molecule has 0 aromatic heterocycles. The summed E-state index contributed by atoms with van der Waals surface area (Å²) in [5, 5.41) is -0.128. The molecule has 0 bridgehead atoms. The number of nitrogens with zero attached hydrogens (tertiary/aromatic N) is 1. The van der Waals surface area contributed by atoms with Gasteiger partial charge in [0.05, 0.1) is 10.6 Å². The predicted molar refractivity (Wildman–Crippen MR) is 67.7 cm³/mol. The molecule has 1 aromatic carbocycles. The van der Waals surface area contributed by atoms with Crippen LogP contribution in [0.5, 0.6) is 0 Å². The minimum Gasteiger partial charge on any atom is -0.331 e. The number of hydrogen-bond donors (Lipinski definition) is 0. The van der Waals surface area contributed by atoms with Crippen molar-refractivity contribution in [2.45, 2.75) is 0 Å². The van der Waals surface area contributed by atoms with Crippen LogP contribution in [0.4, 0.5) is 8.78 Å². The first-order valence-electron chi connectivity index (χ1n) is 5.16. The van der Waals surface area contributed by atoms with Gasteiger partial charge in [-0.25, -0.2) is 8.78 Å². The highest BCUT2D eigenvalue weighted by atomic mass is 35.5. The van der Waals surface area contributed by atoms with Crippen LogP contribution in [0, 0.1) is 11.6 Å². The molecule has 0 heterocycles. The van der Waals surface area contributed by atoms with E-state index in [1.807, 2.05) is 0 Å². The van der Waals surface area contributed by atoms with Crippen LogP contribution >= 0.6 is 11.6 Å². The zero-order valence-electron chi connectivity index (χ0n) is 9.63. The summed E-state index contributed by atoms with van der Waals surface area (Å²) < 4.78 is 26.0. The minimum atomic E-state index is -1.11. The standard InChI is InChI=1S/C13H12ClF2NO/c1-3-5-17(6-4-2)13(18)9-7-11(15)12(16)8-10(9)14/h3-4,7-8H,1-2,5-6H2. The van der Waals surface area contributed by atoms with Gasteiger partial charge in [-0.05, 0) is 12.1 Å². The van der Waals surface area contributed by atoms with Crippen molar-refractivity contribution in [1.82, 2.24) is 4.90 Å². The van der Waals surface area contributed by atoms with Crippen LogP contribution in [0.25, 0.3) is 0 Å². The summed E-state index contributed by atoms with van der Waals surface area (Å²) in [6.45, 7) is 7.56. The fraction of sp³-hybridized carbons (Fsp3) is 0.154. The molecule has 5 heteroatoms. The van der Waals surface area contributed by atoms with Crippen LogP contribution in [0.3, 0.4) is 0 Å². The fourth-order valence-electron chi connectivity index (χ4n) is 1.41. The van der Waals surface area contributed by atoms with E-state index in [2.05, 4.69) is 13.2 Å². The van der Waals surface area contributed by atoms with Crippen molar-refractivity contribution in [2.75, 3.05) is 13.1 Å². The summed E-state index contributed by atoms with van der Waals surface area (Å²) in [4.78, 5) is 13.4. The maximum absolute atomic E-state index is 13.1. The van der Waals surface area contributed by atoms with Crippen molar-refractivity contribution in [1.29, 1.82) is 0 Å². The third-order valence-corrected chi connectivity index (χ3v) is 2.54. The monoisotopic (exact) mass is 271 g/mol. The number of carbonyl (C=O) groups excluding carboxylic acids is 1. The van der Waals surface area contributed by atoms with Gasteiger partial charge in [0.25, 0.3) is 5.91 Å². The fourth-order valence-corrected chi connectivity index (χ4v) is 1.64. The van der Waals surface area contributed by atoms with Gasteiger partial charge in [-0.15, -0.1) is 13.2 Å². The number of amides is 1. The van der Waals surface area contributed by atoms with Crippen LogP contribution in [-0.4, -0.2) is 23.9 Å². The lowest BCUT2D eigenvalue weighted by atomic mass is 10.2. The SMILES string of the molecule is C=CCN(CC=C)C(=O)c1cc(F)c(F)cc1Cl. The molecular formula is C13H12ClF2NO. The molecule has 1 rings (SSSR count).